The number of thiocarbonyl (C=S) groups is 1. The first-order chi connectivity index (χ1) is 14.4. The van der Waals surface area contributed by atoms with Crippen molar-refractivity contribution in [3.8, 4) is 11.5 Å². The van der Waals surface area contributed by atoms with Gasteiger partial charge >= 0.3 is 0 Å². The number of aryl methyl sites for hydroxylation is 1. The molecule has 0 atom stereocenters. The van der Waals surface area contributed by atoms with Gasteiger partial charge < -0.3 is 9.47 Å². The number of halogens is 1. The standard InChI is InChI=1S/C22H21BrN2O4S/c1-4-28-18-12-19(29-5-2)16(23)11-14(18)10-15-20(26)24-22(30)25(21(15)27)17-9-7-6-8-13(17)3/h6-12H,4-5H2,1-3H3,(H,24,26,30)/b15-10-. The molecule has 2 aromatic carbocycles. The summed E-state index contributed by atoms with van der Waals surface area (Å²) in [4.78, 5) is 27.2. The third-order valence-corrected chi connectivity index (χ3v) is 5.33. The number of para-hydroxylation sites is 1. The van der Waals surface area contributed by atoms with Gasteiger partial charge in [0.05, 0.1) is 23.4 Å². The van der Waals surface area contributed by atoms with Crippen molar-refractivity contribution in [3.63, 3.8) is 0 Å². The van der Waals surface area contributed by atoms with E-state index < -0.39 is 11.8 Å². The van der Waals surface area contributed by atoms with Crippen LogP contribution in [0.3, 0.4) is 0 Å². The van der Waals surface area contributed by atoms with Gasteiger partial charge in [-0.05, 0) is 72.7 Å². The lowest BCUT2D eigenvalue weighted by molar-refractivity contribution is -0.122. The van der Waals surface area contributed by atoms with E-state index in [2.05, 4.69) is 21.2 Å². The van der Waals surface area contributed by atoms with Crippen molar-refractivity contribution < 1.29 is 19.1 Å². The molecular weight excluding hydrogens is 468 g/mol. The maximum atomic E-state index is 13.3. The Labute approximate surface area is 189 Å². The van der Waals surface area contributed by atoms with Gasteiger partial charge in [-0.25, -0.2) is 0 Å². The fourth-order valence-corrected chi connectivity index (χ4v) is 3.81. The first-order valence-electron chi connectivity index (χ1n) is 9.43. The number of carbonyl (C=O) groups is 2. The van der Waals surface area contributed by atoms with Crippen molar-refractivity contribution in [3.05, 3.63) is 57.6 Å². The first kappa shape index (κ1) is 22.0. The zero-order chi connectivity index (χ0) is 21.8. The molecule has 0 aliphatic carbocycles. The Hall–Kier alpha value is -2.71. The predicted molar refractivity (Wildman–Crippen MR) is 124 cm³/mol. The molecule has 1 fully saturated rings. The summed E-state index contributed by atoms with van der Waals surface area (Å²) in [6, 6.07) is 10.8. The molecule has 30 heavy (non-hydrogen) atoms. The molecule has 1 heterocycles. The Bertz CT molecular complexity index is 1050. The Morgan fingerprint density at radius 3 is 2.43 bits per heavy atom. The van der Waals surface area contributed by atoms with E-state index in [-0.39, 0.29) is 10.7 Å². The number of benzene rings is 2. The van der Waals surface area contributed by atoms with Crippen LogP contribution in [-0.2, 0) is 9.59 Å². The molecule has 1 aliphatic rings. The lowest BCUT2D eigenvalue weighted by Crippen LogP contribution is -2.54. The number of carbonyl (C=O) groups excluding carboxylic acids is 2. The molecule has 0 saturated carbocycles. The molecule has 6 nitrogen and oxygen atoms in total. The quantitative estimate of drug-likeness (QED) is 0.371. The molecule has 0 aromatic heterocycles. The topological polar surface area (TPSA) is 67.9 Å². The largest absolute Gasteiger partial charge is 0.493 e. The average molecular weight is 489 g/mol. The van der Waals surface area contributed by atoms with Crippen molar-refractivity contribution >= 4 is 56.8 Å². The van der Waals surface area contributed by atoms with Crippen molar-refractivity contribution in [2.24, 2.45) is 0 Å². The summed E-state index contributed by atoms with van der Waals surface area (Å²) < 4.78 is 12.0. The average Bonchev–Trinajstić information content (AvgIpc) is 2.70. The number of nitrogens with one attached hydrogen (secondary N) is 1. The van der Waals surface area contributed by atoms with Crippen molar-refractivity contribution in [2.75, 3.05) is 18.1 Å². The molecule has 0 radical (unpaired) electrons. The summed E-state index contributed by atoms with van der Waals surface area (Å²) >= 11 is 8.74. The molecule has 1 N–H and O–H groups in total. The fourth-order valence-electron chi connectivity index (χ4n) is 3.06. The Balaban J connectivity index is 2.08. The highest BCUT2D eigenvalue weighted by Crippen LogP contribution is 2.35. The van der Waals surface area contributed by atoms with Crippen LogP contribution in [0.2, 0.25) is 0 Å². The fraction of sp³-hybridized carbons (Fsp3) is 0.227. The van der Waals surface area contributed by atoms with Gasteiger partial charge in [0.2, 0.25) is 0 Å². The van der Waals surface area contributed by atoms with Crippen LogP contribution in [0.15, 0.2) is 46.4 Å². The number of anilines is 1. The molecule has 2 amide bonds. The molecule has 3 rings (SSSR count). The van der Waals surface area contributed by atoms with Crippen LogP contribution in [0.25, 0.3) is 6.08 Å². The minimum atomic E-state index is -0.553. The monoisotopic (exact) mass is 488 g/mol. The lowest BCUT2D eigenvalue weighted by atomic mass is 10.0. The van der Waals surface area contributed by atoms with Gasteiger partial charge in [-0.2, -0.15) is 0 Å². The van der Waals surface area contributed by atoms with Gasteiger partial charge in [0.25, 0.3) is 11.8 Å². The van der Waals surface area contributed by atoms with Crippen molar-refractivity contribution in [1.29, 1.82) is 0 Å². The molecule has 156 valence electrons. The second-order valence-electron chi connectivity index (χ2n) is 6.43. The van der Waals surface area contributed by atoms with E-state index in [9.17, 15) is 9.59 Å². The zero-order valence-electron chi connectivity index (χ0n) is 16.8. The van der Waals surface area contributed by atoms with Crippen LogP contribution in [0.4, 0.5) is 5.69 Å². The first-order valence-corrected chi connectivity index (χ1v) is 10.6. The molecule has 0 bridgehead atoms. The summed E-state index contributed by atoms with van der Waals surface area (Å²) in [5, 5.41) is 2.66. The molecule has 8 heteroatoms. The second kappa shape index (κ2) is 9.40. The molecule has 0 spiro atoms. The summed E-state index contributed by atoms with van der Waals surface area (Å²) in [5.74, 6) is 0.0749. The molecule has 1 aliphatic heterocycles. The van der Waals surface area contributed by atoms with Crippen molar-refractivity contribution in [1.82, 2.24) is 5.32 Å². The van der Waals surface area contributed by atoms with Gasteiger partial charge in [0.15, 0.2) is 5.11 Å². The number of hydrogen-bond acceptors (Lipinski definition) is 5. The van der Waals surface area contributed by atoms with E-state index in [1.54, 1.807) is 18.2 Å². The van der Waals surface area contributed by atoms with Crippen LogP contribution >= 0.6 is 28.1 Å². The number of hydrogen-bond donors (Lipinski definition) is 1. The number of nitrogens with zero attached hydrogens (tertiary/aromatic N) is 1. The molecule has 0 unspecified atom stereocenters. The highest BCUT2D eigenvalue weighted by atomic mass is 79.9. The maximum Gasteiger partial charge on any atom is 0.270 e. The summed E-state index contributed by atoms with van der Waals surface area (Å²) in [6.07, 6.45) is 1.51. The SMILES string of the molecule is CCOc1cc(OCC)c(/C=C2/C(=O)NC(=S)N(c3ccccc3C)C2=O)cc1Br. The lowest BCUT2D eigenvalue weighted by Gasteiger charge is -2.30. The highest BCUT2D eigenvalue weighted by molar-refractivity contribution is 9.10. The number of amides is 2. The molecule has 1 saturated heterocycles. The van der Waals surface area contributed by atoms with Gasteiger partial charge in [-0.3, -0.25) is 19.8 Å². The van der Waals surface area contributed by atoms with E-state index in [1.165, 1.54) is 11.0 Å². The summed E-state index contributed by atoms with van der Waals surface area (Å²) in [5.41, 5.74) is 2.02. The highest BCUT2D eigenvalue weighted by Gasteiger charge is 2.35. The van der Waals surface area contributed by atoms with Gasteiger partial charge in [-0.15, -0.1) is 0 Å². The minimum Gasteiger partial charge on any atom is -0.493 e. The van der Waals surface area contributed by atoms with Crippen LogP contribution in [0.5, 0.6) is 11.5 Å². The molecule has 2 aromatic rings. The number of ether oxygens (including phenoxy) is 2. The van der Waals surface area contributed by atoms with Gasteiger partial charge in [0.1, 0.15) is 17.1 Å². The van der Waals surface area contributed by atoms with Gasteiger partial charge in [-0.1, -0.05) is 18.2 Å². The maximum absolute atomic E-state index is 13.3. The third-order valence-electron chi connectivity index (χ3n) is 4.42. The van der Waals surface area contributed by atoms with Crippen LogP contribution in [0, 0.1) is 6.92 Å². The van der Waals surface area contributed by atoms with E-state index in [0.29, 0.717) is 40.4 Å². The van der Waals surface area contributed by atoms with Crippen LogP contribution < -0.4 is 19.7 Å². The smallest absolute Gasteiger partial charge is 0.270 e. The van der Waals surface area contributed by atoms with E-state index in [1.807, 2.05) is 39.0 Å². The Morgan fingerprint density at radius 1 is 1.10 bits per heavy atom. The second-order valence-corrected chi connectivity index (χ2v) is 7.67. The number of rotatable bonds is 6. The Kier molecular flexibility index (Phi) is 6.89. The normalized spacial score (nSPS) is 15.4. The van der Waals surface area contributed by atoms with Crippen LogP contribution in [0.1, 0.15) is 25.0 Å². The third kappa shape index (κ3) is 4.39. The summed E-state index contributed by atoms with van der Waals surface area (Å²) in [7, 11) is 0. The predicted octanol–water partition coefficient (Wildman–Crippen LogP) is 4.39. The van der Waals surface area contributed by atoms with Crippen LogP contribution in [-0.4, -0.2) is 30.1 Å². The summed E-state index contributed by atoms with van der Waals surface area (Å²) in [6.45, 7) is 6.53. The van der Waals surface area contributed by atoms with Gasteiger partial charge in [0, 0.05) is 11.6 Å². The molecular formula is C22H21BrN2O4S. The van der Waals surface area contributed by atoms with Crippen molar-refractivity contribution in [2.45, 2.75) is 20.8 Å². The Morgan fingerprint density at radius 2 is 1.77 bits per heavy atom. The minimum absolute atomic E-state index is 0.0381. The van der Waals surface area contributed by atoms with E-state index >= 15 is 0 Å². The van der Waals surface area contributed by atoms with E-state index in [4.69, 9.17) is 21.7 Å². The zero-order valence-corrected chi connectivity index (χ0v) is 19.2. The van der Waals surface area contributed by atoms with E-state index in [0.717, 1.165) is 5.56 Å².